The highest BCUT2D eigenvalue weighted by Gasteiger charge is 2.26. The highest BCUT2D eigenvalue weighted by molar-refractivity contribution is 5.99. The lowest BCUT2D eigenvalue weighted by Gasteiger charge is -2.18. The molecule has 0 fully saturated rings. The number of anilines is 1. The second kappa shape index (κ2) is 6.47. The summed E-state index contributed by atoms with van der Waals surface area (Å²) in [6, 6.07) is 7.89. The molecule has 3 rings (SSSR count). The van der Waals surface area contributed by atoms with Gasteiger partial charge in [-0.05, 0) is 38.8 Å². The number of aryl methyl sites for hydroxylation is 2. The van der Waals surface area contributed by atoms with Crippen LogP contribution in [0.2, 0.25) is 0 Å². The number of hydrogen-bond donors (Lipinski definition) is 2. The average Bonchev–Trinajstić information content (AvgIpc) is 3.15. The molecule has 6 nitrogen and oxygen atoms in total. The molecule has 1 aromatic heterocycles. The van der Waals surface area contributed by atoms with Gasteiger partial charge in [0.25, 0.3) is 0 Å². The number of carbonyl (C=O) groups excluding carboxylic acids is 2. The number of nitrogens with zero attached hydrogens (tertiary/aromatic N) is 2. The number of hydrogen-bond acceptors (Lipinski definition) is 3. The van der Waals surface area contributed by atoms with Crippen LogP contribution in [-0.4, -0.2) is 35.1 Å². The third-order valence-corrected chi connectivity index (χ3v) is 4.61. The predicted octanol–water partition coefficient (Wildman–Crippen LogP) is 1.84. The van der Waals surface area contributed by atoms with Crippen LogP contribution in [0.15, 0.2) is 24.3 Å². The minimum Gasteiger partial charge on any atom is -0.346 e. The van der Waals surface area contributed by atoms with E-state index in [2.05, 4.69) is 15.5 Å². The largest absolute Gasteiger partial charge is 0.346 e. The molecule has 24 heavy (non-hydrogen) atoms. The number of rotatable bonds is 4. The van der Waals surface area contributed by atoms with Gasteiger partial charge in [0.1, 0.15) is 0 Å². The monoisotopic (exact) mass is 326 g/mol. The molecule has 2 aromatic rings. The summed E-state index contributed by atoms with van der Waals surface area (Å²) in [6.07, 6.45) is 0.861. The molecule has 6 heteroatoms. The van der Waals surface area contributed by atoms with E-state index >= 15 is 0 Å². The van der Waals surface area contributed by atoms with Crippen LogP contribution in [0.1, 0.15) is 35.4 Å². The normalized spacial score (nSPS) is 14.4. The molecule has 0 radical (unpaired) electrons. The number of para-hydroxylation sites is 1. The van der Waals surface area contributed by atoms with Gasteiger partial charge in [0.15, 0.2) is 0 Å². The van der Waals surface area contributed by atoms with Gasteiger partial charge in [-0.25, -0.2) is 0 Å². The summed E-state index contributed by atoms with van der Waals surface area (Å²) < 4.78 is 0. The molecule has 1 unspecified atom stereocenters. The van der Waals surface area contributed by atoms with Crippen molar-refractivity contribution in [3.63, 3.8) is 0 Å². The average molecular weight is 326 g/mol. The van der Waals surface area contributed by atoms with E-state index in [4.69, 9.17) is 0 Å². The Kier molecular flexibility index (Phi) is 4.38. The molecule has 0 saturated heterocycles. The van der Waals surface area contributed by atoms with Crippen LogP contribution in [0, 0.1) is 13.8 Å². The van der Waals surface area contributed by atoms with E-state index < -0.39 is 0 Å². The van der Waals surface area contributed by atoms with E-state index in [9.17, 15) is 9.59 Å². The molecule has 0 aliphatic carbocycles. The molecule has 1 atom stereocenters. The molecule has 2 amide bonds. The van der Waals surface area contributed by atoms with Crippen molar-refractivity contribution < 1.29 is 9.59 Å². The van der Waals surface area contributed by atoms with Gasteiger partial charge in [0, 0.05) is 23.5 Å². The zero-order valence-electron chi connectivity index (χ0n) is 14.2. The zero-order valence-corrected chi connectivity index (χ0v) is 14.2. The molecule has 2 heterocycles. The van der Waals surface area contributed by atoms with Crippen LogP contribution in [0.25, 0.3) is 0 Å². The fourth-order valence-corrected chi connectivity index (χ4v) is 3.34. The van der Waals surface area contributed by atoms with E-state index in [1.54, 1.807) is 4.90 Å². The Hall–Kier alpha value is -2.63. The minimum absolute atomic E-state index is 0.00740. The maximum Gasteiger partial charge on any atom is 0.246 e. The molecule has 126 valence electrons. The number of aromatic amines is 1. The minimum atomic E-state index is -0.345. The van der Waals surface area contributed by atoms with E-state index in [1.807, 2.05) is 45.0 Å². The van der Waals surface area contributed by atoms with Crippen molar-refractivity contribution in [1.29, 1.82) is 0 Å². The molecule has 1 aromatic carbocycles. The van der Waals surface area contributed by atoms with Crippen molar-refractivity contribution in [2.45, 2.75) is 33.1 Å². The van der Waals surface area contributed by atoms with Crippen molar-refractivity contribution in [2.24, 2.45) is 0 Å². The topological polar surface area (TPSA) is 78.1 Å². The lowest BCUT2D eigenvalue weighted by molar-refractivity contribution is -0.125. The Labute approximate surface area is 141 Å². The third-order valence-electron chi connectivity index (χ3n) is 4.61. The van der Waals surface area contributed by atoms with Crippen molar-refractivity contribution in [3.8, 4) is 0 Å². The van der Waals surface area contributed by atoms with E-state index in [0.717, 1.165) is 29.1 Å². The van der Waals surface area contributed by atoms with Crippen LogP contribution >= 0.6 is 0 Å². The van der Waals surface area contributed by atoms with Gasteiger partial charge in [-0.3, -0.25) is 14.7 Å². The van der Waals surface area contributed by atoms with Crippen molar-refractivity contribution in [1.82, 2.24) is 15.5 Å². The summed E-state index contributed by atoms with van der Waals surface area (Å²) in [5.41, 5.74) is 4.72. The van der Waals surface area contributed by atoms with Crippen LogP contribution in [0.3, 0.4) is 0 Å². The molecular weight excluding hydrogens is 304 g/mol. The Morgan fingerprint density at radius 2 is 2.08 bits per heavy atom. The smallest absolute Gasteiger partial charge is 0.246 e. The van der Waals surface area contributed by atoms with Crippen LogP contribution in [0.4, 0.5) is 5.69 Å². The van der Waals surface area contributed by atoms with Gasteiger partial charge >= 0.3 is 0 Å². The second-order valence-electron chi connectivity index (χ2n) is 6.21. The van der Waals surface area contributed by atoms with Gasteiger partial charge in [0.2, 0.25) is 11.8 Å². The maximum atomic E-state index is 12.4. The van der Waals surface area contributed by atoms with Crippen molar-refractivity contribution in [3.05, 3.63) is 46.8 Å². The van der Waals surface area contributed by atoms with E-state index in [-0.39, 0.29) is 24.3 Å². The summed E-state index contributed by atoms with van der Waals surface area (Å²) in [5.74, 6) is -0.591. The van der Waals surface area contributed by atoms with Crippen LogP contribution in [0.5, 0.6) is 0 Å². The highest BCUT2D eigenvalue weighted by Crippen LogP contribution is 2.27. The molecule has 2 N–H and O–H groups in total. The lowest BCUT2D eigenvalue weighted by Crippen LogP contribution is -2.40. The Morgan fingerprint density at radius 1 is 1.33 bits per heavy atom. The highest BCUT2D eigenvalue weighted by atomic mass is 16.2. The van der Waals surface area contributed by atoms with E-state index in [0.29, 0.717) is 6.54 Å². The van der Waals surface area contributed by atoms with Crippen LogP contribution < -0.4 is 10.2 Å². The number of nitrogens with one attached hydrogen (secondary N) is 2. The molecule has 0 bridgehead atoms. The quantitative estimate of drug-likeness (QED) is 0.900. The number of aromatic nitrogens is 2. The van der Waals surface area contributed by atoms with Gasteiger partial charge < -0.3 is 10.2 Å². The Bertz CT molecular complexity index is 762. The second-order valence-corrected chi connectivity index (χ2v) is 6.21. The summed E-state index contributed by atoms with van der Waals surface area (Å²) in [5, 5.41) is 9.77. The van der Waals surface area contributed by atoms with Gasteiger partial charge in [-0.1, -0.05) is 18.2 Å². The lowest BCUT2D eigenvalue weighted by atomic mass is 9.98. The first-order valence-corrected chi connectivity index (χ1v) is 8.16. The third kappa shape index (κ3) is 2.91. The first-order valence-electron chi connectivity index (χ1n) is 8.16. The fraction of sp³-hybridized carbons (Fsp3) is 0.389. The first-order chi connectivity index (χ1) is 11.5. The summed E-state index contributed by atoms with van der Waals surface area (Å²) in [6.45, 7) is 6.27. The molecule has 0 spiro atoms. The van der Waals surface area contributed by atoms with Gasteiger partial charge in [-0.2, -0.15) is 5.10 Å². The number of amides is 2. The van der Waals surface area contributed by atoms with Gasteiger partial charge in [0.05, 0.1) is 18.2 Å². The summed E-state index contributed by atoms with van der Waals surface area (Å²) in [7, 11) is 0. The number of fused-ring (bicyclic) bond motifs is 1. The number of carbonyl (C=O) groups is 2. The van der Waals surface area contributed by atoms with Gasteiger partial charge in [-0.15, -0.1) is 0 Å². The molecule has 0 saturated carbocycles. The van der Waals surface area contributed by atoms with Crippen LogP contribution in [-0.2, 0) is 16.0 Å². The first kappa shape index (κ1) is 16.2. The summed E-state index contributed by atoms with van der Waals surface area (Å²) >= 11 is 0. The Balaban J connectivity index is 1.62. The van der Waals surface area contributed by atoms with Crippen molar-refractivity contribution >= 4 is 17.5 Å². The fourth-order valence-electron chi connectivity index (χ4n) is 3.34. The Morgan fingerprint density at radius 3 is 2.79 bits per heavy atom. The molecule has 1 aliphatic heterocycles. The van der Waals surface area contributed by atoms with Crippen molar-refractivity contribution in [2.75, 3.05) is 18.0 Å². The molecule has 1 aliphatic rings. The summed E-state index contributed by atoms with van der Waals surface area (Å²) in [4.78, 5) is 26.6. The number of H-pyrrole nitrogens is 1. The van der Waals surface area contributed by atoms with E-state index in [1.165, 1.54) is 5.56 Å². The predicted molar refractivity (Wildman–Crippen MR) is 92.0 cm³/mol. The maximum absolute atomic E-state index is 12.4. The zero-order chi connectivity index (χ0) is 17.3. The SMILES string of the molecule is Cc1n[nH]c(C)c1C(C)C(=O)NCC(=O)N1CCc2ccccc21. The number of benzene rings is 1. The molecular formula is C18H22N4O2. The standard InChI is InChI=1S/C18H22N4O2/c1-11(17-12(2)20-21-13(17)3)18(24)19-10-16(23)22-9-8-14-6-4-5-7-15(14)22/h4-7,11H,8-10H2,1-3H3,(H,19,24)(H,20,21).